The minimum absolute atomic E-state index is 0.0240. The van der Waals surface area contributed by atoms with Crippen LogP contribution in [0.4, 0.5) is 0 Å². The lowest BCUT2D eigenvalue weighted by Crippen LogP contribution is -2.32. The highest BCUT2D eigenvalue weighted by Crippen LogP contribution is 2.31. The highest BCUT2D eigenvalue weighted by Gasteiger charge is 2.24. The molecule has 1 aliphatic rings. The molecule has 2 aromatic heterocycles. The van der Waals surface area contributed by atoms with Crippen LogP contribution in [0.1, 0.15) is 47.6 Å². The molecule has 1 aliphatic heterocycles. The van der Waals surface area contributed by atoms with Gasteiger partial charge in [-0.1, -0.05) is 6.92 Å². The normalized spacial score (nSPS) is 16.6. The number of carboxylic acid groups (broad SMARTS) is 1. The number of hydrogen-bond acceptors (Lipinski definition) is 5. The fourth-order valence-electron chi connectivity index (χ4n) is 3.34. The number of aliphatic carboxylic acids is 1. The topological polar surface area (TPSA) is 71.2 Å². The fourth-order valence-corrected chi connectivity index (χ4v) is 4.33. The summed E-state index contributed by atoms with van der Waals surface area (Å²) in [6.07, 6.45) is 5.29. The molecule has 0 radical (unpaired) electrons. The summed E-state index contributed by atoms with van der Waals surface area (Å²) in [6.45, 7) is 5.22. The number of aryl methyl sites for hydroxylation is 2. The third-order valence-electron chi connectivity index (χ3n) is 4.56. The van der Waals surface area contributed by atoms with Crippen LogP contribution in [0, 0.1) is 0 Å². The smallest absolute Gasteiger partial charge is 0.309 e. The van der Waals surface area contributed by atoms with E-state index in [0.717, 1.165) is 43.9 Å². The van der Waals surface area contributed by atoms with Crippen molar-refractivity contribution >= 4 is 17.3 Å². The maximum Gasteiger partial charge on any atom is 0.309 e. The van der Waals surface area contributed by atoms with Crippen molar-refractivity contribution in [3.05, 3.63) is 33.5 Å². The Morgan fingerprint density at radius 2 is 2.17 bits per heavy atom. The van der Waals surface area contributed by atoms with Gasteiger partial charge in [-0.05, 0) is 32.4 Å². The van der Waals surface area contributed by atoms with Gasteiger partial charge in [0.15, 0.2) is 0 Å². The van der Waals surface area contributed by atoms with E-state index in [-0.39, 0.29) is 6.42 Å². The van der Waals surface area contributed by atoms with Crippen LogP contribution in [-0.2, 0) is 31.2 Å². The standard InChI is InChI=1S/C17H24N4O2S/c1-3-15-13(9-20(2)19-15)10-21-6-4-12(5-7-21)17-18-14(11-24-17)8-16(22)23/h9,11-12H,3-8,10H2,1-2H3,(H,22,23). The average Bonchev–Trinajstić information content (AvgIpc) is 3.14. The predicted octanol–water partition coefficient (Wildman–Crippen LogP) is 2.45. The van der Waals surface area contributed by atoms with Gasteiger partial charge in [-0.2, -0.15) is 5.10 Å². The van der Waals surface area contributed by atoms with Crippen LogP contribution in [0.2, 0.25) is 0 Å². The van der Waals surface area contributed by atoms with Crippen LogP contribution in [0.15, 0.2) is 11.6 Å². The first-order chi connectivity index (χ1) is 11.5. The zero-order valence-corrected chi connectivity index (χ0v) is 15.1. The van der Waals surface area contributed by atoms with E-state index in [4.69, 9.17) is 5.11 Å². The summed E-state index contributed by atoms with van der Waals surface area (Å²) in [7, 11) is 1.98. The van der Waals surface area contributed by atoms with Crippen molar-refractivity contribution in [2.75, 3.05) is 13.1 Å². The Hall–Kier alpha value is -1.73. The molecule has 0 saturated carbocycles. The Balaban J connectivity index is 1.55. The highest BCUT2D eigenvalue weighted by molar-refractivity contribution is 7.09. The van der Waals surface area contributed by atoms with Crippen molar-refractivity contribution in [1.82, 2.24) is 19.7 Å². The van der Waals surface area contributed by atoms with Gasteiger partial charge in [0.05, 0.1) is 22.8 Å². The summed E-state index contributed by atoms with van der Waals surface area (Å²) < 4.78 is 1.90. The van der Waals surface area contributed by atoms with E-state index in [1.807, 2.05) is 17.1 Å². The number of hydrogen-bond donors (Lipinski definition) is 1. The molecule has 1 saturated heterocycles. The zero-order chi connectivity index (χ0) is 17.1. The summed E-state index contributed by atoms with van der Waals surface area (Å²) in [5.74, 6) is -0.349. The lowest BCUT2D eigenvalue weighted by molar-refractivity contribution is -0.136. The molecule has 130 valence electrons. The maximum absolute atomic E-state index is 10.8. The molecule has 0 atom stereocenters. The molecule has 0 aliphatic carbocycles. The quantitative estimate of drug-likeness (QED) is 0.868. The summed E-state index contributed by atoms with van der Waals surface area (Å²) in [5.41, 5.74) is 3.21. The van der Waals surface area contributed by atoms with Crippen molar-refractivity contribution < 1.29 is 9.90 Å². The highest BCUT2D eigenvalue weighted by atomic mass is 32.1. The minimum Gasteiger partial charge on any atom is -0.481 e. The summed E-state index contributed by atoms with van der Waals surface area (Å²) in [4.78, 5) is 17.8. The van der Waals surface area contributed by atoms with E-state index in [9.17, 15) is 4.79 Å². The number of likely N-dealkylation sites (tertiary alicyclic amines) is 1. The molecule has 3 heterocycles. The Kier molecular flexibility index (Phi) is 5.30. The molecule has 0 unspecified atom stereocenters. The summed E-state index contributed by atoms with van der Waals surface area (Å²) in [5, 5.41) is 16.4. The van der Waals surface area contributed by atoms with Gasteiger partial charge in [-0.3, -0.25) is 14.4 Å². The number of carbonyl (C=O) groups is 1. The van der Waals surface area contributed by atoms with E-state index in [2.05, 4.69) is 28.1 Å². The molecule has 0 bridgehead atoms. The van der Waals surface area contributed by atoms with Crippen LogP contribution in [0.5, 0.6) is 0 Å². The molecule has 24 heavy (non-hydrogen) atoms. The number of aromatic nitrogens is 3. The molecule has 2 aromatic rings. The first-order valence-corrected chi connectivity index (χ1v) is 9.33. The van der Waals surface area contributed by atoms with Crippen LogP contribution >= 0.6 is 11.3 Å². The van der Waals surface area contributed by atoms with Crippen LogP contribution in [-0.4, -0.2) is 43.8 Å². The molecule has 0 spiro atoms. The van der Waals surface area contributed by atoms with Gasteiger partial charge in [0.1, 0.15) is 0 Å². The Bertz CT molecular complexity index is 701. The minimum atomic E-state index is -0.815. The molecule has 0 amide bonds. The fraction of sp³-hybridized carbons (Fsp3) is 0.588. The third kappa shape index (κ3) is 4.02. The van der Waals surface area contributed by atoms with Crippen molar-refractivity contribution in [2.24, 2.45) is 7.05 Å². The SMILES string of the molecule is CCc1nn(C)cc1CN1CCC(c2nc(CC(=O)O)cs2)CC1. The molecule has 7 heteroatoms. The van der Waals surface area contributed by atoms with E-state index in [0.29, 0.717) is 11.6 Å². The summed E-state index contributed by atoms with van der Waals surface area (Å²) in [6, 6.07) is 0. The van der Waals surface area contributed by atoms with Crippen molar-refractivity contribution in [1.29, 1.82) is 0 Å². The maximum atomic E-state index is 10.8. The van der Waals surface area contributed by atoms with Crippen LogP contribution < -0.4 is 0 Å². The number of nitrogens with zero attached hydrogens (tertiary/aromatic N) is 4. The Labute approximate surface area is 146 Å². The molecule has 6 nitrogen and oxygen atoms in total. The van der Waals surface area contributed by atoms with E-state index < -0.39 is 5.97 Å². The second-order valence-electron chi connectivity index (χ2n) is 6.43. The number of piperidine rings is 1. The van der Waals surface area contributed by atoms with Gasteiger partial charge >= 0.3 is 5.97 Å². The second-order valence-corrected chi connectivity index (χ2v) is 7.32. The van der Waals surface area contributed by atoms with Crippen molar-refractivity contribution in [2.45, 2.75) is 45.1 Å². The molecule has 1 N–H and O–H groups in total. The van der Waals surface area contributed by atoms with Crippen LogP contribution in [0.3, 0.4) is 0 Å². The number of rotatable bonds is 6. The van der Waals surface area contributed by atoms with Gasteiger partial charge in [-0.15, -0.1) is 11.3 Å². The summed E-state index contributed by atoms with van der Waals surface area (Å²) >= 11 is 1.61. The van der Waals surface area contributed by atoms with Gasteiger partial charge < -0.3 is 5.11 Å². The molecular weight excluding hydrogens is 324 g/mol. The van der Waals surface area contributed by atoms with E-state index in [1.165, 1.54) is 11.3 Å². The second kappa shape index (κ2) is 7.44. The molecule has 1 fully saturated rings. The molecule has 3 rings (SSSR count). The van der Waals surface area contributed by atoms with Crippen molar-refractivity contribution in [3.8, 4) is 0 Å². The van der Waals surface area contributed by atoms with E-state index >= 15 is 0 Å². The number of thiazole rings is 1. The predicted molar refractivity (Wildman–Crippen MR) is 93.3 cm³/mol. The lowest BCUT2D eigenvalue weighted by Gasteiger charge is -2.30. The lowest BCUT2D eigenvalue weighted by atomic mass is 9.97. The average molecular weight is 348 g/mol. The first kappa shape index (κ1) is 17.1. The zero-order valence-electron chi connectivity index (χ0n) is 14.2. The van der Waals surface area contributed by atoms with Crippen LogP contribution in [0.25, 0.3) is 0 Å². The molecule has 0 aromatic carbocycles. The Morgan fingerprint density at radius 1 is 1.42 bits per heavy atom. The number of carboxylic acids is 1. The third-order valence-corrected chi connectivity index (χ3v) is 5.62. The van der Waals surface area contributed by atoms with Gasteiger partial charge in [0.25, 0.3) is 0 Å². The first-order valence-electron chi connectivity index (χ1n) is 8.45. The van der Waals surface area contributed by atoms with Crippen molar-refractivity contribution in [3.63, 3.8) is 0 Å². The largest absolute Gasteiger partial charge is 0.481 e. The monoisotopic (exact) mass is 348 g/mol. The Morgan fingerprint density at radius 3 is 2.83 bits per heavy atom. The van der Waals surface area contributed by atoms with Gasteiger partial charge in [0.2, 0.25) is 0 Å². The molecular formula is C17H24N4O2S. The van der Waals surface area contributed by atoms with Gasteiger partial charge in [-0.25, -0.2) is 4.98 Å². The van der Waals surface area contributed by atoms with E-state index in [1.54, 1.807) is 11.3 Å². The van der Waals surface area contributed by atoms with Gasteiger partial charge in [0, 0.05) is 36.7 Å².